The second-order valence-corrected chi connectivity index (χ2v) is 7.20. The summed E-state index contributed by atoms with van der Waals surface area (Å²) in [6.45, 7) is -0.609. The standard InChI is InChI=1S/C16H13ClFNO5S/c1-25(22,23)19-11-7-5-10(6-8-11)14(20)9-24-16(21)15-12(17)3-2-4-13(15)18/h2-8,19H,9H2,1H3. The Hall–Kier alpha value is -2.45. The summed E-state index contributed by atoms with van der Waals surface area (Å²) in [5.74, 6) is -2.43. The van der Waals surface area contributed by atoms with Crippen LogP contribution in [0.25, 0.3) is 0 Å². The molecule has 9 heteroatoms. The van der Waals surface area contributed by atoms with Gasteiger partial charge in [-0.1, -0.05) is 17.7 Å². The maximum Gasteiger partial charge on any atom is 0.343 e. The first-order valence-electron chi connectivity index (χ1n) is 6.89. The van der Waals surface area contributed by atoms with Crippen LogP contribution in [-0.4, -0.2) is 33.0 Å². The van der Waals surface area contributed by atoms with Crippen LogP contribution in [0.5, 0.6) is 0 Å². The number of benzene rings is 2. The normalized spacial score (nSPS) is 11.0. The molecule has 0 saturated heterocycles. The van der Waals surface area contributed by atoms with Crippen molar-refractivity contribution in [2.75, 3.05) is 17.6 Å². The van der Waals surface area contributed by atoms with E-state index in [-0.39, 0.29) is 16.3 Å². The zero-order chi connectivity index (χ0) is 18.6. The molecule has 0 bridgehead atoms. The fourth-order valence-electron chi connectivity index (χ4n) is 1.92. The molecule has 6 nitrogen and oxygen atoms in total. The first-order valence-corrected chi connectivity index (χ1v) is 9.16. The van der Waals surface area contributed by atoms with Gasteiger partial charge in [-0.3, -0.25) is 9.52 Å². The summed E-state index contributed by atoms with van der Waals surface area (Å²) in [5.41, 5.74) is 0.0466. The average Bonchev–Trinajstić information content (AvgIpc) is 2.51. The second kappa shape index (κ2) is 7.62. The number of rotatable bonds is 6. The van der Waals surface area contributed by atoms with E-state index >= 15 is 0 Å². The molecule has 0 aliphatic heterocycles. The molecule has 0 unspecified atom stereocenters. The zero-order valence-corrected chi connectivity index (χ0v) is 14.5. The number of carbonyl (C=O) groups is 2. The van der Waals surface area contributed by atoms with Crippen molar-refractivity contribution in [1.82, 2.24) is 0 Å². The Morgan fingerprint density at radius 3 is 2.36 bits per heavy atom. The Labute approximate surface area is 148 Å². The van der Waals surface area contributed by atoms with Gasteiger partial charge in [0.1, 0.15) is 11.4 Å². The van der Waals surface area contributed by atoms with Crippen molar-refractivity contribution in [2.24, 2.45) is 0 Å². The van der Waals surface area contributed by atoms with Gasteiger partial charge in [0.25, 0.3) is 0 Å². The Bertz CT molecular complexity index is 892. The van der Waals surface area contributed by atoms with Gasteiger partial charge in [-0.25, -0.2) is 17.6 Å². The lowest BCUT2D eigenvalue weighted by Crippen LogP contribution is -2.16. The summed E-state index contributed by atoms with van der Waals surface area (Å²) in [6.07, 6.45) is 0.999. The minimum Gasteiger partial charge on any atom is -0.454 e. The molecule has 0 saturated carbocycles. The minimum atomic E-state index is -3.42. The summed E-state index contributed by atoms with van der Waals surface area (Å²) < 4.78 is 42.9. The Morgan fingerprint density at radius 2 is 1.80 bits per heavy atom. The van der Waals surface area contributed by atoms with Crippen LogP contribution in [0, 0.1) is 5.82 Å². The summed E-state index contributed by atoms with van der Waals surface area (Å²) in [5, 5.41) is -0.117. The molecule has 1 N–H and O–H groups in total. The quantitative estimate of drug-likeness (QED) is 0.610. The van der Waals surface area contributed by atoms with E-state index < -0.39 is 39.8 Å². The number of anilines is 1. The highest BCUT2D eigenvalue weighted by Gasteiger charge is 2.18. The van der Waals surface area contributed by atoms with Gasteiger partial charge < -0.3 is 4.74 Å². The van der Waals surface area contributed by atoms with Crippen LogP contribution in [0.2, 0.25) is 5.02 Å². The molecule has 0 atom stereocenters. The summed E-state index contributed by atoms with van der Waals surface area (Å²) in [4.78, 5) is 23.9. The van der Waals surface area contributed by atoms with E-state index in [1.807, 2.05) is 0 Å². The van der Waals surface area contributed by atoms with Crippen molar-refractivity contribution >= 4 is 39.1 Å². The summed E-state index contributed by atoms with van der Waals surface area (Å²) in [6, 6.07) is 9.26. The Balaban J connectivity index is 2.02. The van der Waals surface area contributed by atoms with Crippen LogP contribution in [0.3, 0.4) is 0 Å². The van der Waals surface area contributed by atoms with Gasteiger partial charge in [-0.15, -0.1) is 0 Å². The zero-order valence-electron chi connectivity index (χ0n) is 13.0. The smallest absolute Gasteiger partial charge is 0.343 e. The maximum absolute atomic E-state index is 13.6. The molecule has 25 heavy (non-hydrogen) atoms. The fraction of sp³-hybridized carbons (Fsp3) is 0.125. The molecule has 2 aromatic rings. The van der Waals surface area contributed by atoms with Crippen LogP contribution < -0.4 is 4.72 Å². The summed E-state index contributed by atoms with van der Waals surface area (Å²) >= 11 is 5.75. The number of nitrogens with one attached hydrogen (secondary N) is 1. The molecule has 132 valence electrons. The average molecular weight is 386 g/mol. The molecule has 0 spiro atoms. The van der Waals surface area contributed by atoms with Gasteiger partial charge in [-0.2, -0.15) is 0 Å². The third-order valence-corrected chi connectivity index (χ3v) is 3.93. The number of halogens is 2. The minimum absolute atomic E-state index is 0.117. The third kappa shape index (κ3) is 5.27. The molecule has 0 aliphatic rings. The lowest BCUT2D eigenvalue weighted by molar-refractivity contribution is 0.0470. The number of sulfonamides is 1. The first kappa shape index (κ1) is 18.9. The Morgan fingerprint density at radius 1 is 1.16 bits per heavy atom. The number of Topliss-reactive ketones (excluding diaryl/α,β-unsaturated/α-hetero) is 1. The SMILES string of the molecule is CS(=O)(=O)Nc1ccc(C(=O)COC(=O)c2c(F)cccc2Cl)cc1. The van der Waals surface area contributed by atoms with Crippen molar-refractivity contribution in [2.45, 2.75) is 0 Å². The van der Waals surface area contributed by atoms with Crippen LogP contribution in [0.4, 0.5) is 10.1 Å². The molecule has 0 aliphatic carbocycles. The van der Waals surface area contributed by atoms with E-state index in [0.717, 1.165) is 12.3 Å². The number of ketones is 1. The lowest BCUT2D eigenvalue weighted by atomic mass is 10.1. The number of hydrogen-bond donors (Lipinski definition) is 1. The second-order valence-electron chi connectivity index (χ2n) is 5.05. The Kier molecular flexibility index (Phi) is 5.76. The van der Waals surface area contributed by atoms with Gasteiger partial charge in [0.2, 0.25) is 10.0 Å². The third-order valence-electron chi connectivity index (χ3n) is 3.01. The number of carbonyl (C=O) groups excluding carboxylic acids is 2. The summed E-state index contributed by atoms with van der Waals surface area (Å²) in [7, 11) is -3.42. The van der Waals surface area contributed by atoms with E-state index in [9.17, 15) is 22.4 Å². The molecule has 0 amide bonds. The van der Waals surface area contributed by atoms with Crippen LogP contribution in [0.15, 0.2) is 42.5 Å². The predicted molar refractivity (Wildman–Crippen MR) is 90.9 cm³/mol. The molecule has 0 fully saturated rings. The maximum atomic E-state index is 13.6. The van der Waals surface area contributed by atoms with Gasteiger partial charge in [-0.05, 0) is 36.4 Å². The van der Waals surface area contributed by atoms with Gasteiger partial charge in [0.15, 0.2) is 12.4 Å². The number of hydrogen-bond acceptors (Lipinski definition) is 5. The van der Waals surface area contributed by atoms with E-state index in [1.165, 1.54) is 36.4 Å². The van der Waals surface area contributed by atoms with Crippen LogP contribution in [-0.2, 0) is 14.8 Å². The predicted octanol–water partition coefficient (Wildman–Crippen LogP) is 2.89. The lowest BCUT2D eigenvalue weighted by Gasteiger charge is -2.08. The molecule has 2 rings (SSSR count). The molecule has 0 aromatic heterocycles. The van der Waals surface area contributed by atoms with Gasteiger partial charge in [0.05, 0.1) is 11.3 Å². The van der Waals surface area contributed by atoms with Crippen LogP contribution >= 0.6 is 11.6 Å². The van der Waals surface area contributed by atoms with Crippen LogP contribution in [0.1, 0.15) is 20.7 Å². The fourth-order valence-corrected chi connectivity index (χ4v) is 2.72. The van der Waals surface area contributed by atoms with Gasteiger partial charge in [0, 0.05) is 11.3 Å². The molecule has 2 aromatic carbocycles. The molecule has 0 heterocycles. The van der Waals surface area contributed by atoms with E-state index in [4.69, 9.17) is 16.3 Å². The topological polar surface area (TPSA) is 89.5 Å². The monoisotopic (exact) mass is 385 g/mol. The van der Waals surface area contributed by atoms with Crippen molar-refractivity contribution in [1.29, 1.82) is 0 Å². The molecule has 0 radical (unpaired) electrons. The van der Waals surface area contributed by atoms with E-state index in [0.29, 0.717) is 0 Å². The van der Waals surface area contributed by atoms with Crippen molar-refractivity contribution < 1.29 is 27.1 Å². The van der Waals surface area contributed by atoms with E-state index in [1.54, 1.807) is 0 Å². The molecular formula is C16H13ClFNO5S. The number of esters is 1. The number of ether oxygens (including phenoxy) is 1. The first-order chi connectivity index (χ1) is 11.7. The molecular weight excluding hydrogens is 373 g/mol. The highest BCUT2D eigenvalue weighted by Crippen LogP contribution is 2.20. The highest BCUT2D eigenvalue weighted by molar-refractivity contribution is 7.92. The van der Waals surface area contributed by atoms with E-state index in [2.05, 4.69) is 4.72 Å². The van der Waals surface area contributed by atoms with Crippen molar-refractivity contribution in [3.63, 3.8) is 0 Å². The largest absolute Gasteiger partial charge is 0.454 e. The van der Waals surface area contributed by atoms with Gasteiger partial charge >= 0.3 is 5.97 Å². The van der Waals surface area contributed by atoms with Crippen molar-refractivity contribution in [3.05, 3.63) is 64.4 Å². The van der Waals surface area contributed by atoms with Crippen molar-refractivity contribution in [3.8, 4) is 0 Å². The highest BCUT2D eigenvalue weighted by atomic mass is 35.5.